The van der Waals surface area contributed by atoms with E-state index in [1.165, 1.54) is 23.4 Å². The maximum atomic E-state index is 13.6. The second-order valence-corrected chi connectivity index (χ2v) is 7.48. The van der Waals surface area contributed by atoms with E-state index >= 15 is 0 Å². The molecule has 3 nitrogen and oxygen atoms in total. The molecule has 1 heterocycles. The first-order valence-corrected chi connectivity index (χ1v) is 9.57. The fraction of sp³-hybridized carbons (Fsp3) is 0.350. The second-order valence-electron chi connectivity index (χ2n) is 6.34. The number of nitrogens with two attached hydrogens (primary N) is 1. The first kappa shape index (κ1) is 20.7. The summed E-state index contributed by atoms with van der Waals surface area (Å²) in [5.74, 6) is 1.08. The summed E-state index contributed by atoms with van der Waals surface area (Å²) >= 11 is 1.39. The van der Waals surface area contributed by atoms with Gasteiger partial charge in [0, 0.05) is 36.1 Å². The van der Waals surface area contributed by atoms with Crippen LogP contribution in [0.3, 0.4) is 0 Å². The molecular formula is C20H24ClFN2OS. The van der Waals surface area contributed by atoms with Gasteiger partial charge in [0.15, 0.2) is 0 Å². The molecule has 1 aliphatic rings. The number of amides is 1. The minimum atomic E-state index is -0.228. The Morgan fingerprint density at radius 1 is 1.12 bits per heavy atom. The van der Waals surface area contributed by atoms with Crippen molar-refractivity contribution < 1.29 is 9.18 Å². The van der Waals surface area contributed by atoms with Gasteiger partial charge in [-0.1, -0.05) is 42.5 Å². The van der Waals surface area contributed by atoms with Crippen LogP contribution >= 0.6 is 24.2 Å². The van der Waals surface area contributed by atoms with Crippen LogP contribution in [-0.4, -0.2) is 36.2 Å². The normalized spacial score (nSPS) is 19.2. The van der Waals surface area contributed by atoms with E-state index in [-0.39, 0.29) is 24.1 Å². The molecule has 0 saturated carbocycles. The van der Waals surface area contributed by atoms with Crippen molar-refractivity contribution >= 4 is 30.1 Å². The maximum Gasteiger partial charge on any atom is 0.223 e. The van der Waals surface area contributed by atoms with Crippen LogP contribution in [0, 0.1) is 11.7 Å². The van der Waals surface area contributed by atoms with Crippen molar-refractivity contribution in [1.82, 2.24) is 4.90 Å². The topological polar surface area (TPSA) is 46.3 Å². The Kier molecular flexibility index (Phi) is 7.94. The summed E-state index contributed by atoms with van der Waals surface area (Å²) < 4.78 is 13.6. The lowest BCUT2D eigenvalue weighted by Crippen LogP contribution is -2.30. The fourth-order valence-corrected chi connectivity index (χ4v) is 4.24. The quantitative estimate of drug-likeness (QED) is 0.755. The van der Waals surface area contributed by atoms with E-state index in [0.717, 1.165) is 6.54 Å². The van der Waals surface area contributed by atoms with E-state index < -0.39 is 0 Å². The van der Waals surface area contributed by atoms with Gasteiger partial charge < -0.3 is 10.6 Å². The second kappa shape index (κ2) is 9.95. The highest BCUT2D eigenvalue weighted by Crippen LogP contribution is 2.32. The first-order valence-electron chi connectivity index (χ1n) is 8.59. The van der Waals surface area contributed by atoms with Gasteiger partial charge in [-0.2, -0.15) is 0 Å². The summed E-state index contributed by atoms with van der Waals surface area (Å²) in [5, 5.41) is 0. The standard InChI is InChI=1S/C20H23FN2OS.ClH/c21-18-8-4-5-9-19(18)25-11-10-20(24)23-13-16(12-22)17(14-23)15-6-2-1-3-7-15;/h1-9,16-17H,10-14,22H2;1H/t16-,17+;/m1./s1. The molecule has 1 fully saturated rings. The Morgan fingerprint density at radius 3 is 2.50 bits per heavy atom. The SMILES string of the molecule is Cl.NC[C@@H]1CN(C(=O)CCSc2ccccc2F)C[C@H]1c1ccccc1. The summed E-state index contributed by atoms with van der Waals surface area (Å²) in [6.45, 7) is 2.00. The molecule has 140 valence electrons. The van der Waals surface area contributed by atoms with Gasteiger partial charge in [0.2, 0.25) is 5.91 Å². The van der Waals surface area contributed by atoms with E-state index in [1.807, 2.05) is 29.2 Å². The Labute approximate surface area is 164 Å². The fourth-order valence-electron chi connectivity index (χ4n) is 3.36. The summed E-state index contributed by atoms with van der Waals surface area (Å²) in [7, 11) is 0. The first-order chi connectivity index (χ1) is 12.2. The van der Waals surface area contributed by atoms with Crippen LogP contribution < -0.4 is 5.73 Å². The lowest BCUT2D eigenvalue weighted by Gasteiger charge is -2.17. The van der Waals surface area contributed by atoms with Crippen molar-refractivity contribution in [2.24, 2.45) is 11.7 Å². The summed E-state index contributed by atoms with van der Waals surface area (Å²) in [5.41, 5.74) is 7.18. The Balaban J connectivity index is 0.00000243. The molecule has 1 amide bonds. The third-order valence-electron chi connectivity index (χ3n) is 4.73. The minimum Gasteiger partial charge on any atom is -0.342 e. The zero-order valence-corrected chi connectivity index (χ0v) is 16.1. The van der Waals surface area contributed by atoms with Gasteiger partial charge in [0.1, 0.15) is 5.82 Å². The number of likely N-dealkylation sites (tertiary alicyclic amines) is 1. The van der Waals surface area contributed by atoms with Crippen molar-refractivity contribution in [3.63, 3.8) is 0 Å². The Bertz CT molecular complexity index is 716. The molecule has 1 saturated heterocycles. The highest BCUT2D eigenvalue weighted by atomic mass is 35.5. The molecule has 6 heteroatoms. The molecule has 2 aromatic rings. The number of halogens is 2. The third-order valence-corrected chi connectivity index (χ3v) is 5.78. The number of hydrogen-bond acceptors (Lipinski definition) is 3. The molecule has 0 unspecified atom stereocenters. The van der Waals surface area contributed by atoms with Crippen molar-refractivity contribution in [3.8, 4) is 0 Å². The van der Waals surface area contributed by atoms with E-state index in [2.05, 4.69) is 12.1 Å². The van der Waals surface area contributed by atoms with Crippen LogP contribution in [0.25, 0.3) is 0 Å². The number of thioether (sulfide) groups is 1. The molecule has 2 N–H and O–H groups in total. The Hall–Kier alpha value is -1.56. The molecule has 1 aliphatic heterocycles. The van der Waals surface area contributed by atoms with Gasteiger partial charge in [-0.15, -0.1) is 24.2 Å². The summed E-state index contributed by atoms with van der Waals surface area (Å²) in [6.07, 6.45) is 0.414. The minimum absolute atomic E-state index is 0. The molecule has 0 spiro atoms. The van der Waals surface area contributed by atoms with Gasteiger partial charge >= 0.3 is 0 Å². The average molecular weight is 395 g/mol. The number of benzene rings is 2. The lowest BCUT2D eigenvalue weighted by atomic mass is 9.89. The predicted molar refractivity (Wildman–Crippen MR) is 107 cm³/mol. The van der Waals surface area contributed by atoms with Crippen LogP contribution in [0.1, 0.15) is 17.9 Å². The van der Waals surface area contributed by atoms with Crippen LogP contribution in [0.5, 0.6) is 0 Å². The number of nitrogens with zero attached hydrogens (tertiary/aromatic N) is 1. The van der Waals surface area contributed by atoms with Gasteiger partial charge in [0.05, 0.1) is 0 Å². The van der Waals surface area contributed by atoms with Crippen LogP contribution in [0.2, 0.25) is 0 Å². The van der Waals surface area contributed by atoms with E-state index in [1.54, 1.807) is 12.1 Å². The monoisotopic (exact) mass is 394 g/mol. The van der Waals surface area contributed by atoms with Crippen LogP contribution in [0.15, 0.2) is 59.5 Å². The lowest BCUT2D eigenvalue weighted by molar-refractivity contribution is -0.129. The van der Waals surface area contributed by atoms with Gasteiger partial charge in [-0.3, -0.25) is 4.79 Å². The summed E-state index contributed by atoms with van der Waals surface area (Å²) in [4.78, 5) is 15.0. The average Bonchev–Trinajstić information content (AvgIpc) is 3.08. The largest absolute Gasteiger partial charge is 0.342 e. The van der Waals surface area contributed by atoms with Gasteiger partial charge in [-0.05, 0) is 30.2 Å². The maximum absolute atomic E-state index is 13.6. The molecule has 2 atom stereocenters. The highest BCUT2D eigenvalue weighted by Gasteiger charge is 2.34. The third kappa shape index (κ3) is 5.00. The van der Waals surface area contributed by atoms with Crippen molar-refractivity contribution in [2.45, 2.75) is 17.2 Å². The molecule has 0 bridgehead atoms. The smallest absolute Gasteiger partial charge is 0.223 e. The van der Waals surface area contributed by atoms with E-state index in [9.17, 15) is 9.18 Å². The van der Waals surface area contributed by atoms with Crippen molar-refractivity contribution in [3.05, 3.63) is 66.0 Å². The van der Waals surface area contributed by atoms with Crippen LogP contribution in [-0.2, 0) is 4.79 Å². The molecule has 2 aromatic carbocycles. The molecular weight excluding hydrogens is 371 g/mol. The number of hydrogen-bond donors (Lipinski definition) is 1. The molecule has 0 aliphatic carbocycles. The van der Waals surface area contributed by atoms with Crippen LogP contribution in [0.4, 0.5) is 4.39 Å². The highest BCUT2D eigenvalue weighted by molar-refractivity contribution is 7.99. The number of rotatable bonds is 6. The number of carbonyl (C=O) groups excluding carboxylic acids is 1. The zero-order chi connectivity index (χ0) is 17.6. The van der Waals surface area contributed by atoms with Crippen molar-refractivity contribution in [2.75, 3.05) is 25.4 Å². The Morgan fingerprint density at radius 2 is 1.81 bits per heavy atom. The molecule has 0 radical (unpaired) electrons. The molecule has 26 heavy (non-hydrogen) atoms. The summed E-state index contributed by atoms with van der Waals surface area (Å²) in [6, 6.07) is 16.9. The predicted octanol–water partition coefficient (Wildman–Crippen LogP) is 3.93. The van der Waals surface area contributed by atoms with Crippen molar-refractivity contribution in [1.29, 1.82) is 0 Å². The van der Waals surface area contributed by atoms with Gasteiger partial charge in [0.25, 0.3) is 0 Å². The zero-order valence-electron chi connectivity index (χ0n) is 14.5. The van der Waals surface area contributed by atoms with Gasteiger partial charge in [-0.25, -0.2) is 4.39 Å². The molecule has 0 aromatic heterocycles. The molecule has 3 rings (SSSR count). The van der Waals surface area contributed by atoms with E-state index in [4.69, 9.17) is 5.73 Å². The number of carbonyl (C=O) groups is 1. The van der Waals surface area contributed by atoms with E-state index in [0.29, 0.717) is 42.0 Å².